The molecule has 6 nitrogen and oxygen atoms in total. The molecule has 0 atom stereocenters. The van der Waals surface area contributed by atoms with E-state index in [0.29, 0.717) is 12.3 Å². The van der Waals surface area contributed by atoms with Crippen molar-refractivity contribution in [1.82, 2.24) is 10.2 Å². The Morgan fingerprint density at radius 2 is 2.00 bits per heavy atom. The molecular weight excluding hydrogens is 210 g/mol. The first-order chi connectivity index (χ1) is 7.36. The average Bonchev–Trinajstić information content (AvgIpc) is 2.23. The van der Waals surface area contributed by atoms with Gasteiger partial charge in [0.15, 0.2) is 0 Å². The van der Waals surface area contributed by atoms with Crippen LogP contribution >= 0.6 is 0 Å². The number of carbonyl (C=O) groups is 1. The van der Waals surface area contributed by atoms with Gasteiger partial charge in [0, 0.05) is 14.2 Å². The number of hydrogen-bond acceptors (Lipinski definition) is 5. The molecule has 0 heterocycles. The van der Waals surface area contributed by atoms with Gasteiger partial charge < -0.3 is 10.1 Å². The number of ether oxygens (including phenoxy) is 1. The summed E-state index contributed by atoms with van der Waals surface area (Å²) in [5.41, 5.74) is 0.299. The zero-order chi connectivity index (χ0) is 12.8. The molecule has 0 rings (SSSR count). The van der Waals surface area contributed by atoms with Crippen LogP contribution in [0.3, 0.4) is 0 Å². The molecule has 0 aliphatic rings. The molecule has 0 aliphatic heterocycles. The highest BCUT2D eigenvalue weighted by Gasteiger charge is 2.28. The Morgan fingerprint density at radius 1 is 1.44 bits per heavy atom. The Morgan fingerprint density at radius 3 is 2.38 bits per heavy atom. The van der Waals surface area contributed by atoms with E-state index < -0.39 is 6.09 Å². The summed E-state index contributed by atoms with van der Waals surface area (Å²) in [7, 11) is 6.89. The van der Waals surface area contributed by atoms with Crippen LogP contribution in [0.1, 0.15) is 13.8 Å². The lowest BCUT2D eigenvalue weighted by molar-refractivity contribution is 0.145. The first kappa shape index (κ1) is 14.9. The summed E-state index contributed by atoms with van der Waals surface area (Å²) in [5.74, 6) is 0. The monoisotopic (exact) mass is 231 g/mol. The summed E-state index contributed by atoms with van der Waals surface area (Å²) >= 11 is 0. The number of methoxy groups -OCH3 is 1. The second kappa shape index (κ2) is 6.44. The van der Waals surface area contributed by atoms with Gasteiger partial charge in [-0.3, -0.25) is 9.74 Å². The minimum absolute atomic E-state index is 0.308. The van der Waals surface area contributed by atoms with Crippen molar-refractivity contribution < 1.29 is 14.4 Å². The summed E-state index contributed by atoms with van der Waals surface area (Å²) in [4.78, 5) is 17.6. The Labute approximate surface area is 96.6 Å². The maximum absolute atomic E-state index is 10.9. The highest BCUT2D eigenvalue weighted by atomic mass is 16.7. The van der Waals surface area contributed by atoms with Crippen LogP contribution in [-0.4, -0.2) is 57.1 Å². The molecule has 16 heavy (non-hydrogen) atoms. The lowest BCUT2D eigenvalue weighted by Crippen LogP contribution is -2.47. The van der Waals surface area contributed by atoms with Crippen LogP contribution < -0.4 is 5.32 Å². The fourth-order valence-electron chi connectivity index (χ4n) is 0.852. The Hall–Kier alpha value is -1.14. The molecule has 0 bridgehead atoms. The standard InChI is InChI=1S/C10H21N3O3/c1-10(2,13(4)5)8(7-15-6)12-16-9(14)11-3/h7H2,1-6H3,(H,11,14). The molecule has 0 radical (unpaired) electrons. The molecule has 0 unspecified atom stereocenters. The average molecular weight is 231 g/mol. The van der Waals surface area contributed by atoms with Crippen molar-refractivity contribution in [3.05, 3.63) is 0 Å². The minimum Gasteiger partial charge on any atom is -0.379 e. The lowest BCUT2D eigenvalue weighted by atomic mass is 9.97. The molecule has 0 aromatic heterocycles. The molecule has 0 saturated heterocycles. The second-order valence-corrected chi connectivity index (χ2v) is 4.05. The molecule has 0 aromatic carbocycles. The molecule has 94 valence electrons. The van der Waals surface area contributed by atoms with Crippen molar-refractivity contribution in [3.63, 3.8) is 0 Å². The van der Waals surface area contributed by atoms with Gasteiger partial charge in [-0.25, -0.2) is 4.79 Å². The summed E-state index contributed by atoms with van der Waals surface area (Å²) in [6, 6.07) is 0. The normalized spacial score (nSPS) is 12.8. The van der Waals surface area contributed by atoms with Crippen molar-refractivity contribution in [2.75, 3.05) is 34.9 Å². The molecule has 1 amide bonds. The van der Waals surface area contributed by atoms with Crippen molar-refractivity contribution in [3.8, 4) is 0 Å². The summed E-state index contributed by atoms with van der Waals surface area (Å²) in [6.45, 7) is 4.25. The molecular formula is C10H21N3O3. The first-order valence-corrected chi connectivity index (χ1v) is 4.98. The van der Waals surface area contributed by atoms with E-state index >= 15 is 0 Å². The van der Waals surface area contributed by atoms with Crippen molar-refractivity contribution >= 4 is 11.8 Å². The van der Waals surface area contributed by atoms with Gasteiger partial charge in [-0.1, -0.05) is 5.16 Å². The maximum Gasteiger partial charge on any atom is 0.433 e. The van der Waals surface area contributed by atoms with Crippen molar-refractivity contribution in [2.24, 2.45) is 5.16 Å². The highest BCUT2D eigenvalue weighted by Crippen LogP contribution is 2.13. The third-order valence-corrected chi connectivity index (χ3v) is 2.55. The van der Waals surface area contributed by atoms with E-state index in [9.17, 15) is 4.79 Å². The SMILES string of the molecule is CNC(=O)ON=C(COC)C(C)(C)N(C)C. The molecule has 0 saturated carbocycles. The lowest BCUT2D eigenvalue weighted by Gasteiger charge is -2.32. The third-order valence-electron chi connectivity index (χ3n) is 2.55. The molecule has 0 fully saturated rings. The molecule has 0 aliphatic carbocycles. The van der Waals surface area contributed by atoms with E-state index in [4.69, 9.17) is 4.74 Å². The van der Waals surface area contributed by atoms with Crippen LogP contribution in [0.15, 0.2) is 5.16 Å². The highest BCUT2D eigenvalue weighted by molar-refractivity contribution is 5.93. The Balaban J connectivity index is 4.78. The van der Waals surface area contributed by atoms with Crippen LogP contribution in [0.2, 0.25) is 0 Å². The maximum atomic E-state index is 10.9. The number of nitrogens with zero attached hydrogens (tertiary/aromatic N) is 2. The van der Waals surface area contributed by atoms with E-state index in [1.807, 2.05) is 32.8 Å². The van der Waals surface area contributed by atoms with Gasteiger partial charge in [-0.05, 0) is 27.9 Å². The van der Waals surface area contributed by atoms with Crippen LogP contribution in [0.5, 0.6) is 0 Å². The molecule has 1 N–H and O–H groups in total. The van der Waals surface area contributed by atoms with E-state index in [0.717, 1.165) is 0 Å². The van der Waals surface area contributed by atoms with Crippen LogP contribution in [0.25, 0.3) is 0 Å². The Bertz CT molecular complexity index is 262. The van der Waals surface area contributed by atoms with Crippen molar-refractivity contribution in [2.45, 2.75) is 19.4 Å². The third kappa shape index (κ3) is 4.16. The summed E-state index contributed by atoms with van der Waals surface area (Å²) < 4.78 is 5.04. The van der Waals surface area contributed by atoms with Crippen LogP contribution in [0.4, 0.5) is 4.79 Å². The van der Waals surface area contributed by atoms with Gasteiger partial charge in [0.1, 0.15) is 5.71 Å². The van der Waals surface area contributed by atoms with Gasteiger partial charge in [-0.15, -0.1) is 0 Å². The van der Waals surface area contributed by atoms with Crippen LogP contribution in [-0.2, 0) is 9.57 Å². The number of amides is 1. The smallest absolute Gasteiger partial charge is 0.379 e. The van der Waals surface area contributed by atoms with Gasteiger partial charge in [0.05, 0.1) is 12.1 Å². The molecule has 6 heteroatoms. The molecule has 0 aromatic rings. The van der Waals surface area contributed by atoms with Crippen molar-refractivity contribution in [1.29, 1.82) is 0 Å². The van der Waals surface area contributed by atoms with Gasteiger partial charge >= 0.3 is 6.09 Å². The number of carbonyl (C=O) groups excluding carboxylic acids is 1. The van der Waals surface area contributed by atoms with Crippen LogP contribution in [0, 0.1) is 0 Å². The van der Waals surface area contributed by atoms with E-state index in [2.05, 4.69) is 15.3 Å². The second-order valence-electron chi connectivity index (χ2n) is 4.05. The van der Waals surface area contributed by atoms with Gasteiger partial charge in [-0.2, -0.15) is 0 Å². The quantitative estimate of drug-likeness (QED) is 0.429. The minimum atomic E-state index is -0.594. The number of rotatable bonds is 5. The fourth-order valence-corrected chi connectivity index (χ4v) is 0.852. The predicted molar refractivity (Wildman–Crippen MR) is 62.6 cm³/mol. The van der Waals surface area contributed by atoms with E-state index in [1.165, 1.54) is 7.05 Å². The Kier molecular flexibility index (Phi) is 5.98. The molecule has 0 spiro atoms. The predicted octanol–water partition coefficient (Wildman–Crippen LogP) is 0.685. The van der Waals surface area contributed by atoms with Gasteiger partial charge in [0.2, 0.25) is 0 Å². The zero-order valence-corrected chi connectivity index (χ0v) is 10.8. The topological polar surface area (TPSA) is 63.2 Å². The number of oxime groups is 1. The zero-order valence-electron chi connectivity index (χ0n) is 10.8. The van der Waals surface area contributed by atoms with Gasteiger partial charge in [0.25, 0.3) is 0 Å². The fraction of sp³-hybridized carbons (Fsp3) is 0.800. The number of nitrogens with one attached hydrogen (secondary N) is 1. The number of hydrogen-bond donors (Lipinski definition) is 1. The summed E-state index contributed by atoms with van der Waals surface area (Å²) in [5, 5.41) is 6.14. The largest absolute Gasteiger partial charge is 0.433 e. The van der Waals surface area contributed by atoms with E-state index in [-0.39, 0.29) is 5.54 Å². The van der Waals surface area contributed by atoms with E-state index in [1.54, 1.807) is 7.11 Å². The summed E-state index contributed by atoms with van der Waals surface area (Å²) in [6.07, 6.45) is -0.594. The first-order valence-electron chi connectivity index (χ1n) is 4.98.